The van der Waals surface area contributed by atoms with Gasteiger partial charge in [-0.15, -0.1) is 0 Å². The maximum atomic E-state index is 9.86. The van der Waals surface area contributed by atoms with E-state index in [0.29, 0.717) is 19.0 Å². The first-order valence-corrected chi connectivity index (χ1v) is 4.58. The molecule has 70 valence electrons. The summed E-state index contributed by atoms with van der Waals surface area (Å²) in [6, 6.07) is 0. The molecule has 0 aromatic heterocycles. The van der Waals surface area contributed by atoms with Crippen molar-refractivity contribution in [1.82, 2.24) is 0 Å². The summed E-state index contributed by atoms with van der Waals surface area (Å²) in [7, 11) is 0. The summed E-state index contributed by atoms with van der Waals surface area (Å²) in [6.45, 7) is 3.44. The van der Waals surface area contributed by atoms with E-state index in [-0.39, 0.29) is 0 Å². The van der Waals surface area contributed by atoms with Crippen LogP contribution in [0.15, 0.2) is 4.99 Å². The first-order chi connectivity index (χ1) is 5.85. The number of nitrogens with two attached hydrogens (primary N) is 1. The van der Waals surface area contributed by atoms with Gasteiger partial charge < -0.3 is 5.73 Å². The number of aliphatic imine (C=N–C) groups is 1. The van der Waals surface area contributed by atoms with Crippen LogP contribution in [0.25, 0.3) is 0 Å². The largest absolute Gasteiger partial charge is 0.330 e. The average molecular weight is 170 g/mol. The molecule has 0 aliphatic carbocycles. The zero-order valence-corrected chi connectivity index (χ0v) is 7.75. The summed E-state index contributed by atoms with van der Waals surface area (Å²) in [5, 5.41) is 0. The van der Waals surface area contributed by atoms with E-state index in [1.807, 2.05) is 0 Å². The molecule has 0 spiro atoms. The Balaban J connectivity index is 3.60. The van der Waals surface area contributed by atoms with Gasteiger partial charge in [0, 0.05) is 0 Å². The molecule has 0 aromatic carbocycles. The molecule has 12 heavy (non-hydrogen) atoms. The van der Waals surface area contributed by atoms with E-state index in [4.69, 9.17) is 5.73 Å². The van der Waals surface area contributed by atoms with Crippen molar-refractivity contribution < 1.29 is 4.79 Å². The van der Waals surface area contributed by atoms with Crippen LogP contribution in [0.1, 0.15) is 32.6 Å². The van der Waals surface area contributed by atoms with Crippen LogP contribution in [0.2, 0.25) is 0 Å². The highest BCUT2D eigenvalue weighted by Crippen LogP contribution is 2.11. The van der Waals surface area contributed by atoms with E-state index in [9.17, 15) is 4.79 Å². The molecule has 2 N–H and O–H groups in total. The molecule has 0 saturated heterocycles. The van der Waals surface area contributed by atoms with Crippen molar-refractivity contribution in [3.8, 4) is 0 Å². The number of hydrogen-bond donors (Lipinski definition) is 1. The summed E-state index contributed by atoms with van der Waals surface area (Å²) < 4.78 is 0. The summed E-state index contributed by atoms with van der Waals surface area (Å²) >= 11 is 0. The summed E-state index contributed by atoms with van der Waals surface area (Å²) in [6.07, 6.45) is 6.03. The van der Waals surface area contributed by atoms with Gasteiger partial charge in [-0.3, -0.25) is 0 Å². The van der Waals surface area contributed by atoms with Crippen LogP contribution in [0.4, 0.5) is 0 Å². The molecule has 0 aromatic rings. The fraction of sp³-hybridized carbons (Fsp3) is 0.889. The van der Waals surface area contributed by atoms with E-state index in [1.165, 1.54) is 12.8 Å². The van der Waals surface area contributed by atoms with E-state index in [2.05, 4.69) is 11.9 Å². The van der Waals surface area contributed by atoms with Crippen LogP contribution >= 0.6 is 0 Å². The number of rotatable bonds is 7. The molecule has 0 saturated carbocycles. The van der Waals surface area contributed by atoms with Crippen molar-refractivity contribution >= 4 is 6.08 Å². The maximum Gasteiger partial charge on any atom is 0.234 e. The normalized spacial score (nSPS) is 12.2. The van der Waals surface area contributed by atoms with E-state index in [1.54, 1.807) is 6.08 Å². The van der Waals surface area contributed by atoms with Crippen LogP contribution in [0.5, 0.6) is 0 Å². The lowest BCUT2D eigenvalue weighted by Crippen LogP contribution is -2.11. The molecular formula is C9H18N2O. The Morgan fingerprint density at radius 3 is 2.75 bits per heavy atom. The highest BCUT2D eigenvalue weighted by atomic mass is 16.1. The Morgan fingerprint density at radius 2 is 2.25 bits per heavy atom. The van der Waals surface area contributed by atoms with Crippen molar-refractivity contribution in [2.45, 2.75) is 32.6 Å². The minimum Gasteiger partial charge on any atom is -0.330 e. The molecule has 0 heterocycles. The Bertz CT molecular complexity index is 141. The Hall–Kier alpha value is -0.660. The van der Waals surface area contributed by atoms with Crippen LogP contribution in [0.3, 0.4) is 0 Å². The van der Waals surface area contributed by atoms with Crippen LogP contribution in [-0.4, -0.2) is 19.2 Å². The Morgan fingerprint density at radius 1 is 1.50 bits per heavy atom. The summed E-state index contributed by atoms with van der Waals surface area (Å²) in [4.78, 5) is 13.4. The Kier molecular flexibility index (Phi) is 7.97. The minimum absolute atomic E-state index is 0.483. The fourth-order valence-corrected chi connectivity index (χ4v) is 1.22. The van der Waals surface area contributed by atoms with Gasteiger partial charge in [0.1, 0.15) is 0 Å². The zero-order valence-electron chi connectivity index (χ0n) is 7.75. The predicted molar refractivity (Wildman–Crippen MR) is 49.7 cm³/mol. The number of nitrogens with zero attached hydrogens (tertiary/aromatic N) is 1. The third kappa shape index (κ3) is 6.08. The monoisotopic (exact) mass is 170 g/mol. The fourth-order valence-electron chi connectivity index (χ4n) is 1.22. The third-order valence-corrected chi connectivity index (χ3v) is 1.95. The quantitative estimate of drug-likeness (QED) is 0.464. The number of isocyanates is 1. The molecule has 0 amide bonds. The molecule has 1 unspecified atom stereocenters. The van der Waals surface area contributed by atoms with Crippen molar-refractivity contribution in [3.63, 3.8) is 0 Å². The smallest absolute Gasteiger partial charge is 0.234 e. The molecule has 0 rings (SSSR count). The minimum atomic E-state index is 0.483. The molecule has 0 bridgehead atoms. The van der Waals surface area contributed by atoms with Gasteiger partial charge in [0.05, 0.1) is 6.54 Å². The molecular weight excluding hydrogens is 152 g/mol. The van der Waals surface area contributed by atoms with E-state index in [0.717, 1.165) is 12.8 Å². The first-order valence-electron chi connectivity index (χ1n) is 4.58. The van der Waals surface area contributed by atoms with Crippen LogP contribution < -0.4 is 5.73 Å². The highest BCUT2D eigenvalue weighted by molar-refractivity contribution is 5.32. The topological polar surface area (TPSA) is 55.4 Å². The predicted octanol–water partition coefficient (Wildman–Crippen LogP) is 1.48. The van der Waals surface area contributed by atoms with Gasteiger partial charge in [0.15, 0.2) is 0 Å². The summed E-state index contributed by atoms with van der Waals surface area (Å²) in [5.41, 5.74) is 5.43. The first kappa shape index (κ1) is 11.3. The lowest BCUT2D eigenvalue weighted by molar-refractivity contribution is 0.448. The average Bonchev–Trinajstić information content (AvgIpc) is 2.10. The molecule has 3 nitrogen and oxygen atoms in total. The third-order valence-electron chi connectivity index (χ3n) is 1.95. The van der Waals surface area contributed by atoms with Gasteiger partial charge in [-0.25, -0.2) is 9.79 Å². The molecule has 0 fully saturated rings. The van der Waals surface area contributed by atoms with Gasteiger partial charge >= 0.3 is 0 Å². The van der Waals surface area contributed by atoms with E-state index < -0.39 is 0 Å². The van der Waals surface area contributed by atoms with Crippen LogP contribution in [0, 0.1) is 5.92 Å². The second-order valence-electron chi connectivity index (χ2n) is 3.02. The van der Waals surface area contributed by atoms with Gasteiger partial charge in [-0.1, -0.05) is 19.8 Å². The van der Waals surface area contributed by atoms with Crippen LogP contribution in [-0.2, 0) is 4.79 Å². The SMILES string of the molecule is CCCCC(CCN)CN=C=O. The lowest BCUT2D eigenvalue weighted by Gasteiger charge is -2.11. The number of carbonyl (C=O) groups excluding carboxylic acids is 1. The number of unbranched alkanes of at least 4 members (excludes halogenated alkanes) is 1. The number of hydrogen-bond acceptors (Lipinski definition) is 3. The second kappa shape index (κ2) is 8.44. The van der Waals surface area contributed by atoms with E-state index >= 15 is 0 Å². The molecule has 0 aliphatic heterocycles. The van der Waals surface area contributed by atoms with Crippen molar-refractivity contribution in [2.75, 3.05) is 13.1 Å². The highest BCUT2D eigenvalue weighted by Gasteiger charge is 2.05. The van der Waals surface area contributed by atoms with Gasteiger partial charge in [0.2, 0.25) is 6.08 Å². The Labute approximate surface area is 74.1 Å². The summed E-state index contributed by atoms with van der Waals surface area (Å²) in [5.74, 6) is 0.483. The van der Waals surface area contributed by atoms with Crippen molar-refractivity contribution in [3.05, 3.63) is 0 Å². The molecule has 1 atom stereocenters. The van der Waals surface area contributed by atoms with Crippen molar-refractivity contribution in [2.24, 2.45) is 16.6 Å². The standard InChI is InChI=1S/C9H18N2O/c1-2-3-4-9(5-6-10)7-11-8-12/h9H,2-7,10H2,1H3. The molecule has 0 aliphatic rings. The van der Waals surface area contributed by atoms with Gasteiger partial charge in [0.25, 0.3) is 0 Å². The zero-order chi connectivity index (χ0) is 9.23. The van der Waals surface area contributed by atoms with Crippen molar-refractivity contribution in [1.29, 1.82) is 0 Å². The lowest BCUT2D eigenvalue weighted by atomic mass is 9.99. The second-order valence-corrected chi connectivity index (χ2v) is 3.02. The maximum absolute atomic E-state index is 9.86. The van der Waals surface area contributed by atoms with Gasteiger partial charge in [-0.2, -0.15) is 0 Å². The molecule has 0 radical (unpaired) electrons. The molecule has 3 heteroatoms. The van der Waals surface area contributed by atoms with Gasteiger partial charge in [-0.05, 0) is 25.3 Å².